The van der Waals surface area contributed by atoms with Crippen molar-refractivity contribution in [2.45, 2.75) is 90.6 Å². The van der Waals surface area contributed by atoms with Gasteiger partial charge in [0, 0.05) is 12.1 Å². The van der Waals surface area contributed by atoms with Gasteiger partial charge in [0.2, 0.25) is 0 Å². The fourth-order valence-electron chi connectivity index (χ4n) is 8.71. The number of hydrogen-bond acceptors (Lipinski definition) is 2. The van der Waals surface area contributed by atoms with E-state index in [1.165, 1.54) is 57.8 Å². The fourth-order valence-corrected chi connectivity index (χ4v) is 8.71. The highest BCUT2D eigenvalue weighted by atomic mass is 15.1. The number of nitrogens with zero attached hydrogens (tertiary/aromatic N) is 1. The van der Waals surface area contributed by atoms with Gasteiger partial charge in [0.15, 0.2) is 0 Å². The molecule has 0 saturated heterocycles. The van der Waals surface area contributed by atoms with Crippen molar-refractivity contribution in [3.8, 4) is 0 Å². The zero-order valence-corrected chi connectivity index (χ0v) is 18.4. The Labute approximate surface area is 162 Å². The van der Waals surface area contributed by atoms with E-state index in [0.717, 1.165) is 41.7 Å². The van der Waals surface area contributed by atoms with Crippen LogP contribution in [-0.2, 0) is 0 Å². The first-order valence-electron chi connectivity index (χ1n) is 11.6. The standard InChI is InChI=1S/C24H44N2/c1-16(26(5)6)20-9-10-21-19-8-7-17-15-18(25-4)11-13-23(17,2)22(19)12-14-24(20,21)3/h16-22,25H,7-15H2,1-6H3/t16-,17-,18+,19-,20+,21-,22+,23+,24+/m0/s1. The highest BCUT2D eigenvalue weighted by Gasteiger charge is 2.60. The van der Waals surface area contributed by atoms with Crippen molar-refractivity contribution >= 4 is 0 Å². The monoisotopic (exact) mass is 360 g/mol. The molecule has 0 radical (unpaired) electrons. The third-order valence-electron chi connectivity index (χ3n) is 10.5. The molecule has 0 heterocycles. The number of nitrogens with one attached hydrogen (secondary N) is 1. The summed E-state index contributed by atoms with van der Waals surface area (Å²) in [7, 11) is 6.76. The van der Waals surface area contributed by atoms with E-state index in [0.29, 0.717) is 10.8 Å². The van der Waals surface area contributed by atoms with Crippen molar-refractivity contribution in [3.63, 3.8) is 0 Å². The summed E-state index contributed by atoms with van der Waals surface area (Å²) in [5.41, 5.74) is 1.25. The van der Waals surface area contributed by atoms with Crippen molar-refractivity contribution in [2.24, 2.45) is 40.4 Å². The van der Waals surface area contributed by atoms with Crippen molar-refractivity contribution in [3.05, 3.63) is 0 Å². The minimum absolute atomic E-state index is 0.607. The summed E-state index contributed by atoms with van der Waals surface area (Å²) in [6, 6.07) is 1.52. The molecule has 0 spiro atoms. The van der Waals surface area contributed by atoms with Gasteiger partial charge in [-0.25, -0.2) is 0 Å². The van der Waals surface area contributed by atoms with Gasteiger partial charge < -0.3 is 10.2 Å². The van der Waals surface area contributed by atoms with Crippen LogP contribution in [0.15, 0.2) is 0 Å². The predicted octanol–water partition coefficient (Wildman–Crippen LogP) is 5.18. The summed E-state index contributed by atoms with van der Waals surface area (Å²) in [5.74, 6) is 4.95. The fraction of sp³-hybridized carbons (Fsp3) is 1.00. The summed E-state index contributed by atoms with van der Waals surface area (Å²) in [6.07, 6.45) is 13.4. The highest BCUT2D eigenvalue weighted by molar-refractivity contribution is 5.10. The van der Waals surface area contributed by atoms with Gasteiger partial charge in [-0.1, -0.05) is 13.8 Å². The van der Waals surface area contributed by atoms with Crippen LogP contribution in [-0.4, -0.2) is 38.1 Å². The minimum atomic E-state index is 0.607. The molecule has 4 aliphatic rings. The maximum Gasteiger partial charge on any atom is 0.00944 e. The molecule has 4 fully saturated rings. The largest absolute Gasteiger partial charge is 0.317 e. The number of fused-ring (bicyclic) bond motifs is 5. The van der Waals surface area contributed by atoms with Crippen LogP contribution in [0.3, 0.4) is 0 Å². The molecule has 4 aliphatic carbocycles. The van der Waals surface area contributed by atoms with E-state index < -0.39 is 0 Å². The SMILES string of the molecule is CN[C@@H]1CC[C@]2(C)[C@@H](CC[C@@H]3[C@H]2CC[C@]2(C)[C@@H]([C@H](C)N(C)C)CC[C@@H]32)C1. The lowest BCUT2D eigenvalue weighted by Crippen LogP contribution is -2.55. The Kier molecular flexibility index (Phi) is 5.01. The zero-order chi connectivity index (χ0) is 18.7. The Hall–Kier alpha value is -0.0800. The molecule has 26 heavy (non-hydrogen) atoms. The molecule has 0 amide bonds. The molecule has 2 nitrogen and oxygen atoms in total. The number of hydrogen-bond donors (Lipinski definition) is 1. The molecule has 2 heteroatoms. The van der Waals surface area contributed by atoms with Gasteiger partial charge in [-0.3, -0.25) is 0 Å². The van der Waals surface area contributed by atoms with Crippen LogP contribution in [0.4, 0.5) is 0 Å². The van der Waals surface area contributed by atoms with Gasteiger partial charge in [0.05, 0.1) is 0 Å². The average molecular weight is 361 g/mol. The van der Waals surface area contributed by atoms with Gasteiger partial charge in [0.25, 0.3) is 0 Å². The summed E-state index contributed by atoms with van der Waals surface area (Å²) >= 11 is 0. The summed E-state index contributed by atoms with van der Waals surface area (Å²) in [6.45, 7) is 7.89. The van der Waals surface area contributed by atoms with Crippen LogP contribution in [0.2, 0.25) is 0 Å². The first kappa shape index (κ1) is 19.2. The van der Waals surface area contributed by atoms with E-state index in [9.17, 15) is 0 Å². The smallest absolute Gasteiger partial charge is 0.00944 e. The molecular weight excluding hydrogens is 316 g/mol. The van der Waals surface area contributed by atoms with E-state index in [1.54, 1.807) is 0 Å². The van der Waals surface area contributed by atoms with Crippen molar-refractivity contribution in [2.75, 3.05) is 21.1 Å². The van der Waals surface area contributed by atoms with Crippen LogP contribution < -0.4 is 5.32 Å². The molecule has 9 atom stereocenters. The molecule has 1 N–H and O–H groups in total. The summed E-state index contributed by atoms with van der Waals surface area (Å²) in [5, 5.41) is 3.59. The zero-order valence-electron chi connectivity index (χ0n) is 18.4. The molecule has 0 bridgehead atoms. The summed E-state index contributed by atoms with van der Waals surface area (Å²) in [4.78, 5) is 2.49. The van der Waals surface area contributed by atoms with Gasteiger partial charge in [-0.2, -0.15) is 0 Å². The number of rotatable bonds is 3. The highest BCUT2D eigenvalue weighted by Crippen LogP contribution is 2.67. The predicted molar refractivity (Wildman–Crippen MR) is 111 cm³/mol. The minimum Gasteiger partial charge on any atom is -0.317 e. The van der Waals surface area contributed by atoms with Crippen LogP contribution in [0.1, 0.15) is 78.6 Å². The second-order valence-corrected chi connectivity index (χ2v) is 11.3. The lowest BCUT2D eigenvalue weighted by molar-refractivity contribution is -0.118. The molecule has 150 valence electrons. The average Bonchev–Trinajstić information content (AvgIpc) is 2.97. The first-order chi connectivity index (χ1) is 12.3. The lowest BCUT2D eigenvalue weighted by Gasteiger charge is -2.61. The van der Waals surface area contributed by atoms with E-state index in [2.05, 4.69) is 52.1 Å². The third kappa shape index (κ3) is 2.72. The van der Waals surface area contributed by atoms with E-state index in [4.69, 9.17) is 0 Å². The van der Waals surface area contributed by atoms with E-state index in [-0.39, 0.29) is 0 Å². The van der Waals surface area contributed by atoms with Crippen LogP contribution in [0, 0.1) is 40.4 Å². The molecule has 0 unspecified atom stereocenters. The molecule has 0 aliphatic heterocycles. The van der Waals surface area contributed by atoms with Crippen molar-refractivity contribution in [1.82, 2.24) is 10.2 Å². The van der Waals surface area contributed by atoms with Crippen molar-refractivity contribution in [1.29, 1.82) is 0 Å². The van der Waals surface area contributed by atoms with Crippen molar-refractivity contribution < 1.29 is 0 Å². The van der Waals surface area contributed by atoms with E-state index in [1.807, 2.05) is 0 Å². The Morgan fingerprint density at radius 3 is 2.27 bits per heavy atom. The summed E-state index contributed by atoms with van der Waals surface area (Å²) < 4.78 is 0. The van der Waals surface area contributed by atoms with Gasteiger partial charge in [-0.05, 0) is 126 Å². The van der Waals surface area contributed by atoms with Crippen LogP contribution in [0.5, 0.6) is 0 Å². The molecule has 0 aromatic rings. The van der Waals surface area contributed by atoms with Gasteiger partial charge in [0.1, 0.15) is 0 Å². The molecule has 4 saturated carbocycles. The Morgan fingerprint density at radius 1 is 0.885 bits per heavy atom. The molecule has 0 aromatic heterocycles. The maximum atomic E-state index is 3.59. The third-order valence-corrected chi connectivity index (χ3v) is 10.5. The Balaban J connectivity index is 1.56. The topological polar surface area (TPSA) is 15.3 Å². The molecular formula is C24H44N2. The maximum absolute atomic E-state index is 3.59. The Bertz CT molecular complexity index is 516. The van der Waals surface area contributed by atoms with Crippen LogP contribution >= 0.6 is 0 Å². The molecule has 4 rings (SSSR count). The second kappa shape index (κ2) is 6.76. The first-order valence-corrected chi connectivity index (χ1v) is 11.6. The van der Waals surface area contributed by atoms with Crippen LogP contribution in [0.25, 0.3) is 0 Å². The lowest BCUT2D eigenvalue weighted by atomic mass is 9.44. The Morgan fingerprint density at radius 2 is 1.58 bits per heavy atom. The van der Waals surface area contributed by atoms with E-state index >= 15 is 0 Å². The van der Waals surface area contributed by atoms with Gasteiger partial charge >= 0.3 is 0 Å². The quantitative estimate of drug-likeness (QED) is 0.745. The van der Waals surface area contributed by atoms with Gasteiger partial charge in [-0.15, -0.1) is 0 Å². The second-order valence-electron chi connectivity index (χ2n) is 11.3. The molecule has 0 aromatic carbocycles. The normalized spacial score (nSPS) is 52.3.